The van der Waals surface area contributed by atoms with E-state index in [1.165, 1.54) is 6.33 Å². The second-order valence-corrected chi connectivity index (χ2v) is 6.30. The Balaban J connectivity index is 1.62. The third kappa shape index (κ3) is 2.79. The summed E-state index contributed by atoms with van der Waals surface area (Å²) < 4.78 is 1.64. The number of hydrogen-bond acceptors (Lipinski definition) is 5. The Hall–Kier alpha value is -3.03. The van der Waals surface area contributed by atoms with Gasteiger partial charge in [-0.05, 0) is 31.9 Å². The molecule has 4 rings (SSSR count). The van der Waals surface area contributed by atoms with Gasteiger partial charge in [0.25, 0.3) is 5.91 Å². The fraction of sp³-hybridized carbons (Fsp3) is 0.353. The number of imidazole rings is 1. The third-order valence-corrected chi connectivity index (χ3v) is 4.59. The SMILES string of the molecule is Cc1ccc(C(=O)N2CCCC(n3c(=O)[nH]c4cncnc43)C2)cn1. The summed E-state index contributed by atoms with van der Waals surface area (Å²) in [6.45, 7) is 3.04. The largest absolute Gasteiger partial charge is 0.337 e. The lowest BCUT2D eigenvalue weighted by molar-refractivity contribution is 0.0679. The fourth-order valence-electron chi connectivity index (χ4n) is 3.34. The number of likely N-dealkylation sites (tertiary alicyclic amines) is 1. The van der Waals surface area contributed by atoms with Gasteiger partial charge in [-0.25, -0.2) is 14.8 Å². The van der Waals surface area contributed by atoms with Crippen LogP contribution in [0.5, 0.6) is 0 Å². The summed E-state index contributed by atoms with van der Waals surface area (Å²) in [5.41, 5.74) is 2.42. The van der Waals surface area contributed by atoms with Crippen LogP contribution in [0.4, 0.5) is 0 Å². The molecule has 128 valence electrons. The molecule has 1 aliphatic rings. The van der Waals surface area contributed by atoms with E-state index in [9.17, 15) is 9.59 Å². The van der Waals surface area contributed by atoms with Gasteiger partial charge in [-0.2, -0.15) is 0 Å². The van der Waals surface area contributed by atoms with Gasteiger partial charge >= 0.3 is 5.69 Å². The highest BCUT2D eigenvalue weighted by molar-refractivity contribution is 5.94. The van der Waals surface area contributed by atoms with Crippen molar-refractivity contribution in [2.45, 2.75) is 25.8 Å². The molecule has 4 heterocycles. The van der Waals surface area contributed by atoms with Crippen molar-refractivity contribution in [1.82, 2.24) is 29.4 Å². The van der Waals surface area contributed by atoms with Crippen LogP contribution in [0.25, 0.3) is 11.2 Å². The number of carbonyl (C=O) groups is 1. The fourth-order valence-corrected chi connectivity index (χ4v) is 3.34. The minimum Gasteiger partial charge on any atom is -0.337 e. The highest BCUT2D eigenvalue weighted by Crippen LogP contribution is 2.24. The van der Waals surface area contributed by atoms with E-state index in [1.54, 1.807) is 27.9 Å². The molecule has 0 aliphatic carbocycles. The van der Waals surface area contributed by atoms with E-state index in [0.29, 0.717) is 29.8 Å². The number of amides is 1. The summed E-state index contributed by atoms with van der Waals surface area (Å²) in [5.74, 6) is -0.0558. The molecular formula is C17H18N6O2. The van der Waals surface area contributed by atoms with E-state index in [2.05, 4.69) is 19.9 Å². The summed E-state index contributed by atoms with van der Waals surface area (Å²) in [5, 5.41) is 0. The topological polar surface area (TPSA) is 96.8 Å². The number of aromatic nitrogens is 5. The van der Waals surface area contributed by atoms with E-state index in [4.69, 9.17) is 0 Å². The average Bonchev–Trinajstić information content (AvgIpc) is 2.97. The molecule has 1 N–H and O–H groups in total. The second kappa shape index (κ2) is 6.12. The molecule has 8 nitrogen and oxygen atoms in total. The van der Waals surface area contributed by atoms with Gasteiger partial charge in [0.05, 0.1) is 17.8 Å². The van der Waals surface area contributed by atoms with Gasteiger partial charge in [0.2, 0.25) is 0 Å². The van der Waals surface area contributed by atoms with E-state index in [-0.39, 0.29) is 17.6 Å². The van der Waals surface area contributed by atoms with E-state index < -0.39 is 0 Å². The van der Waals surface area contributed by atoms with E-state index in [0.717, 1.165) is 18.5 Å². The monoisotopic (exact) mass is 338 g/mol. The lowest BCUT2D eigenvalue weighted by atomic mass is 10.0. The summed E-state index contributed by atoms with van der Waals surface area (Å²) in [4.78, 5) is 42.0. The van der Waals surface area contributed by atoms with Crippen molar-refractivity contribution in [1.29, 1.82) is 0 Å². The summed E-state index contributed by atoms with van der Waals surface area (Å²) in [6.07, 6.45) is 6.28. The Morgan fingerprint density at radius 2 is 2.16 bits per heavy atom. The van der Waals surface area contributed by atoms with Crippen molar-refractivity contribution in [2.75, 3.05) is 13.1 Å². The van der Waals surface area contributed by atoms with Crippen LogP contribution in [-0.4, -0.2) is 48.4 Å². The molecule has 0 radical (unpaired) electrons. The Bertz CT molecular complexity index is 975. The zero-order chi connectivity index (χ0) is 17.4. The van der Waals surface area contributed by atoms with Crippen LogP contribution < -0.4 is 5.69 Å². The van der Waals surface area contributed by atoms with Gasteiger partial charge in [-0.15, -0.1) is 0 Å². The molecular weight excluding hydrogens is 320 g/mol. The molecule has 1 unspecified atom stereocenters. The van der Waals surface area contributed by atoms with Crippen LogP contribution in [0.3, 0.4) is 0 Å². The molecule has 1 aliphatic heterocycles. The summed E-state index contributed by atoms with van der Waals surface area (Å²) in [6, 6.07) is 3.52. The van der Waals surface area contributed by atoms with Crippen LogP contribution in [0.1, 0.15) is 34.9 Å². The van der Waals surface area contributed by atoms with Crippen LogP contribution in [-0.2, 0) is 0 Å². The smallest absolute Gasteiger partial charge is 0.328 e. The first kappa shape index (κ1) is 15.5. The maximum Gasteiger partial charge on any atom is 0.328 e. The highest BCUT2D eigenvalue weighted by Gasteiger charge is 2.28. The molecule has 1 fully saturated rings. The van der Waals surface area contributed by atoms with Crippen molar-refractivity contribution in [2.24, 2.45) is 0 Å². The van der Waals surface area contributed by atoms with Crippen LogP contribution >= 0.6 is 0 Å². The second-order valence-electron chi connectivity index (χ2n) is 6.30. The summed E-state index contributed by atoms with van der Waals surface area (Å²) >= 11 is 0. The van der Waals surface area contributed by atoms with Crippen molar-refractivity contribution in [3.63, 3.8) is 0 Å². The maximum atomic E-state index is 12.7. The molecule has 25 heavy (non-hydrogen) atoms. The number of nitrogens with zero attached hydrogens (tertiary/aromatic N) is 5. The quantitative estimate of drug-likeness (QED) is 0.760. The van der Waals surface area contributed by atoms with Crippen LogP contribution in [0, 0.1) is 6.92 Å². The number of aromatic amines is 1. The predicted molar refractivity (Wildman–Crippen MR) is 91.3 cm³/mol. The molecule has 1 amide bonds. The number of hydrogen-bond donors (Lipinski definition) is 1. The molecule has 0 aromatic carbocycles. The molecule has 0 bridgehead atoms. The normalized spacial score (nSPS) is 17.8. The highest BCUT2D eigenvalue weighted by atomic mass is 16.2. The number of H-pyrrole nitrogens is 1. The average molecular weight is 338 g/mol. The Labute approximate surface area is 143 Å². The number of aryl methyl sites for hydroxylation is 1. The van der Waals surface area contributed by atoms with E-state index in [1.807, 2.05) is 13.0 Å². The Morgan fingerprint density at radius 3 is 2.96 bits per heavy atom. The molecule has 0 saturated carbocycles. The number of piperidine rings is 1. The first-order valence-corrected chi connectivity index (χ1v) is 8.25. The Morgan fingerprint density at radius 1 is 1.28 bits per heavy atom. The van der Waals surface area contributed by atoms with E-state index >= 15 is 0 Å². The van der Waals surface area contributed by atoms with Gasteiger partial charge in [-0.1, -0.05) is 0 Å². The molecule has 3 aromatic rings. The molecule has 8 heteroatoms. The number of fused-ring (bicyclic) bond motifs is 1. The van der Waals surface area contributed by atoms with Gasteiger partial charge in [0, 0.05) is 25.0 Å². The van der Waals surface area contributed by atoms with Crippen molar-refractivity contribution < 1.29 is 4.79 Å². The van der Waals surface area contributed by atoms with Gasteiger partial charge in [0.1, 0.15) is 11.8 Å². The van der Waals surface area contributed by atoms with Gasteiger partial charge < -0.3 is 9.88 Å². The number of nitrogens with one attached hydrogen (secondary N) is 1. The van der Waals surface area contributed by atoms with Crippen LogP contribution in [0.15, 0.2) is 35.6 Å². The summed E-state index contributed by atoms with van der Waals surface area (Å²) in [7, 11) is 0. The zero-order valence-corrected chi connectivity index (χ0v) is 13.8. The number of carbonyl (C=O) groups excluding carboxylic acids is 1. The predicted octanol–water partition coefficient (Wildman–Crippen LogP) is 1.30. The minimum absolute atomic E-state index is 0.0558. The maximum absolute atomic E-state index is 12.7. The standard InChI is InChI=1S/C17H18N6O2/c1-11-4-5-12(7-19-11)16(24)22-6-2-3-13(9-22)23-15-14(21-17(23)25)8-18-10-20-15/h4-5,7-8,10,13H,2-3,6,9H2,1H3,(H,21,25). The lowest BCUT2D eigenvalue weighted by Crippen LogP contribution is -2.42. The number of pyridine rings is 1. The molecule has 0 spiro atoms. The van der Waals surface area contributed by atoms with Crippen molar-refractivity contribution >= 4 is 17.1 Å². The Kier molecular flexibility index (Phi) is 3.79. The minimum atomic E-state index is -0.216. The zero-order valence-electron chi connectivity index (χ0n) is 13.8. The molecule has 1 saturated heterocycles. The van der Waals surface area contributed by atoms with Gasteiger partial charge in [0.15, 0.2) is 5.65 Å². The first-order valence-electron chi connectivity index (χ1n) is 8.25. The molecule has 3 aromatic heterocycles. The third-order valence-electron chi connectivity index (χ3n) is 4.59. The van der Waals surface area contributed by atoms with Crippen molar-refractivity contribution in [3.8, 4) is 0 Å². The number of rotatable bonds is 2. The van der Waals surface area contributed by atoms with Crippen LogP contribution in [0.2, 0.25) is 0 Å². The van der Waals surface area contributed by atoms with Crippen molar-refractivity contribution in [3.05, 3.63) is 52.6 Å². The molecule has 1 atom stereocenters. The first-order chi connectivity index (χ1) is 12.1. The van der Waals surface area contributed by atoms with Gasteiger partial charge in [-0.3, -0.25) is 14.3 Å². The lowest BCUT2D eigenvalue weighted by Gasteiger charge is -2.33.